The molecule has 342 valence electrons. The van der Waals surface area contributed by atoms with E-state index in [1.54, 1.807) is 24.3 Å². The molecule has 0 aromatic heterocycles. The number of carboxylic acids is 2. The summed E-state index contributed by atoms with van der Waals surface area (Å²) in [4.78, 5) is 50.2. The van der Waals surface area contributed by atoms with Crippen molar-refractivity contribution in [1.29, 1.82) is 0 Å². The number of phenols is 1. The highest BCUT2D eigenvalue weighted by atomic mass is 32.1. The van der Waals surface area contributed by atoms with Crippen molar-refractivity contribution >= 4 is 51.8 Å². The first-order chi connectivity index (χ1) is 30.5. The van der Waals surface area contributed by atoms with Crippen molar-refractivity contribution in [2.24, 2.45) is 46.3 Å². The quantitative estimate of drug-likeness (QED) is 0.0360. The van der Waals surface area contributed by atoms with Gasteiger partial charge in [0, 0.05) is 47.3 Å². The number of phenolic OH excluding ortho intramolecular Hbond substituents is 1. The molecule has 0 spiro atoms. The van der Waals surface area contributed by atoms with Crippen molar-refractivity contribution in [2.45, 2.75) is 123 Å². The van der Waals surface area contributed by atoms with Crippen LogP contribution in [0.5, 0.6) is 5.75 Å². The molecule has 64 heavy (non-hydrogen) atoms. The lowest BCUT2D eigenvalue weighted by Gasteiger charge is -2.61. The number of aliphatic carboxylic acids is 1. The highest BCUT2D eigenvalue weighted by Crippen LogP contribution is 2.68. The molecule has 8 rings (SSSR count). The number of hydrogen-bond donors (Lipinski definition) is 7. The molecule has 1 heterocycles. The molecule has 13 heteroatoms. The lowest BCUT2D eigenvalue weighted by molar-refractivity contribution is -0.142. The van der Waals surface area contributed by atoms with Crippen LogP contribution in [0.1, 0.15) is 121 Å². The zero-order valence-corrected chi connectivity index (χ0v) is 38.0. The number of aliphatic hydroxyl groups excluding tert-OH is 1. The highest BCUT2D eigenvalue weighted by Gasteiger charge is 2.60. The molecule has 4 saturated carbocycles. The number of aromatic carboxylic acids is 1. The molecule has 1 amide bonds. The second-order valence-electron chi connectivity index (χ2n) is 20.0. The van der Waals surface area contributed by atoms with Crippen LogP contribution < -0.4 is 21.4 Å². The van der Waals surface area contributed by atoms with Crippen LogP contribution in [0.25, 0.3) is 33.4 Å². The number of aromatic hydroxyl groups is 1. The number of carbonyl (C=O) groups is 3. The molecule has 0 unspecified atom stereocenters. The van der Waals surface area contributed by atoms with Gasteiger partial charge in [-0.25, -0.2) is 9.59 Å². The lowest BCUT2D eigenvalue weighted by Crippen LogP contribution is -2.54. The number of thiocarbonyl (C=S) groups is 1. The molecule has 2 aromatic rings. The van der Waals surface area contributed by atoms with E-state index in [2.05, 4.69) is 36.7 Å². The van der Waals surface area contributed by atoms with E-state index in [1.165, 1.54) is 68.9 Å². The van der Waals surface area contributed by atoms with Crippen LogP contribution in [0.15, 0.2) is 63.8 Å². The number of anilines is 1. The van der Waals surface area contributed by atoms with Gasteiger partial charge in [-0.1, -0.05) is 26.8 Å². The summed E-state index contributed by atoms with van der Waals surface area (Å²) in [5, 5.41) is 50.6. The second-order valence-corrected chi connectivity index (χ2v) is 20.5. The van der Waals surface area contributed by atoms with Gasteiger partial charge in [0.05, 0.1) is 11.7 Å². The summed E-state index contributed by atoms with van der Waals surface area (Å²) in [5.74, 6) is 1.58. The highest BCUT2D eigenvalue weighted by molar-refractivity contribution is 7.80. The van der Waals surface area contributed by atoms with Crippen molar-refractivity contribution in [3.63, 3.8) is 0 Å². The molecule has 7 N–H and O–H groups in total. The summed E-state index contributed by atoms with van der Waals surface area (Å²) in [6.45, 7) is 7.78. The molecule has 5 aliphatic carbocycles. The molecular formula is C51H63N3O9S. The number of hydrogen-bond acceptors (Lipinski definition) is 8. The Balaban J connectivity index is 0.801. The van der Waals surface area contributed by atoms with Crippen LogP contribution in [0.3, 0.4) is 0 Å². The van der Waals surface area contributed by atoms with Crippen LogP contribution in [0.4, 0.5) is 5.69 Å². The Hall–Kier alpha value is -5.01. The number of carbonyl (C=O) groups excluding carboxylic acids is 1. The monoisotopic (exact) mass is 893 g/mol. The summed E-state index contributed by atoms with van der Waals surface area (Å²) in [7, 11) is 0. The van der Waals surface area contributed by atoms with E-state index in [0.29, 0.717) is 76.7 Å². The normalized spacial score (nSPS) is 28.3. The standard InChI is InChI=1S/C51H63N3O9S/c1-28(39-16-17-40-35-12-8-29-24-33(57)19-21-50(29,2)41(35)20-22-51(39,40)3)7-18-45(58)54-42(48(61)62)6-4-5-23-52-49(64)53-30-9-13-34(38(25-30)47(59)60)46-36-14-10-31(55)26-43(36)63-44-27-32(56)11-15-37(44)46/h9-11,13-15,25-29,33,35,39-42,55,57H,4-8,12,16-24H2,1-3H3,(H,54,58)(H,59,60)(H,61,62)(H2,52,53,64)/t28-,29-,33-,35+,39-,40+,41+,42+,50+,51-/m1/s1. The van der Waals surface area contributed by atoms with Gasteiger partial charge in [0.1, 0.15) is 23.1 Å². The van der Waals surface area contributed by atoms with Gasteiger partial charge in [-0.2, -0.15) is 0 Å². The molecule has 1 aliphatic heterocycles. The number of fused-ring (bicyclic) bond motifs is 7. The number of unbranched alkanes of at least 4 members (excludes halogenated alkanes) is 1. The molecule has 0 bridgehead atoms. The van der Waals surface area contributed by atoms with Crippen LogP contribution in [-0.4, -0.2) is 62.1 Å². The number of carboxylic acid groups (broad SMARTS) is 2. The van der Waals surface area contributed by atoms with E-state index in [4.69, 9.17) is 16.6 Å². The maximum atomic E-state index is 13.2. The molecule has 4 fully saturated rings. The molecule has 6 aliphatic rings. The third-order valence-corrected chi connectivity index (χ3v) is 16.8. The zero-order valence-electron chi connectivity index (χ0n) is 37.2. The maximum absolute atomic E-state index is 13.2. The fourth-order valence-corrected chi connectivity index (χ4v) is 13.5. The Morgan fingerprint density at radius 2 is 1.64 bits per heavy atom. The minimum Gasteiger partial charge on any atom is -0.508 e. The summed E-state index contributed by atoms with van der Waals surface area (Å²) in [6.07, 6.45) is 12.9. The Bertz CT molecular complexity index is 2450. The van der Waals surface area contributed by atoms with E-state index < -0.39 is 18.0 Å². The fourth-order valence-electron chi connectivity index (χ4n) is 13.3. The summed E-state index contributed by atoms with van der Waals surface area (Å²) < 4.78 is 5.92. The number of rotatable bonds is 14. The van der Waals surface area contributed by atoms with Crippen LogP contribution >= 0.6 is 12.2 Å². The molecule has 0 radical (unpaired) electrons. The van der Waals surface area contributed by atoms with Crippen molar-refractivity contribution in [3.8, 4) is 28.2 Å². The average Bonchev–Trinajstić information content (AvgIpc) is 3.61. The van der Waals surface area contributed by atoms with E-state index in [9.17, 15) is 39.6 Å². The summed E-state index contributed by atoms with van der Waals surface area (Å²) in [5.41, 5.74) is 2.52. The summed E-state index contributed by atoms with van der Waals surface area (Å²) in [6, 6.07) is 12.7. The average molecular weight is 894 g/mol. The predicted octanol–water partition coefficient (Wildman–Crippen LogP) is 9.43. The largest absolute Gasteiger partial charge is 0.508 e. The SMILES string of the molecule is C[C@H](CCC(=O)N[C@@H](CCCCNC(=S)Nc1ccc(-c2c3ccc(=O)cc-3oc3cc(O)ccc23)c(C(=O)O)c1)C(=O)O)[C@H]1CC[C@H]2[C@@H]3CC[C@@H]4C[C@H](O)CC[C@]4(C)[C@H]3CC[C@]12C. The Morgan fingerprint density at radius 1 is 0.875 bits per heavy atom. The van der Waals surface area contributed by atoms with Gasteiger partial charge in [-0.15, -0.1) is 0 Å². The predicted molar refractivity (Wildman–Crippen MR) is 250 cm³/mol. The first kappa shape index (κ1) is 45.6. The van der Waals surface area contributed by atoms with Gasteiger partial charge in [0.25, 0.3) is 0 Å². The lowest BCUT2D eigenvalue weighted by atomic mass is 9.44. The number of nitrogens with one attached hydrogen (secondary N) is 3. The summed E-state index contributed by atoms with van der Waals surface area (Å²) >= 11 is 5.51. The van der Waals surface area contributed by atoms with Gasteiger partial charge in [0.15, 0.2) is 10.5 Å². The molecular weight excluding hydrogens is 831 g/mol. The number of aliphatic hydroxyl groups is 1. The first-order valence-electron chi connectivity index (χ1n) is 23.4. The topological polar surface area (TPSA) is 198 Å². The van der Waals surface area contributed by atoms with Crippen molar-refractivity contribution in [1.82, 2.24) is 10.6 Å². The van der Waals surface area contributed by atoms with Gasteiger partial charge in [-0.05, 0) is 184 Å². The minimum absolute atomic E-state index is 0.0186. The minimum atomic E-state index is -1.18. The molecule has 2 aromatic carbocycles. The zero-order chi connectivity index (χ0) is 45.5. The van der Waals surface area contributed by atoms with Gasteiger partial charge < -0.3 is 40.8 Å². The van der Waals surface area contributed by atoms with E-state index in [-0.39, 0.29) is 57.0 Å². The fraction of sp³-hybridized carbons (Fsp3) is 0.549. The van der Waals surface area contributed by atoms with Crippen LogP contribution in [0.2, 0.25) is 0 Å². The van der Waals surface area contributed by atoms with Crippen LogP contribution in [0, 0.1) is 46.3 Å². The van der Waals surface area contributed by atoms with Gasteiger partial charge in [-0.3, -0.25) is 9.59 Å². The van der Waals surface area contributed by atoms with Crippen molar-refractivity contribution < 1.29 is 39.2 Å². The van der Waals surface area contributed by atoms with E-state index >= 15 is 0 Å². The molecule has 0 saturated heterocycles. The van der Waals surface area contributed by atoms with Gasteiger partial charge >= 0.3 is 11.9 Å². The second kappa shape index (κ2) is 18.5. The van der Waals surface area contributed by atoms with Crippen LogP contribution in [-0.2, 0) is 9.59 Å². The van der Waals surface area contributed by atoms with Crippen molar-refractivity contribution in [3.05, 3.63) is 70.4 Å². The van der Waals surface area contributed by atoms with Crippen molar-refractivity contribution in [2.75, 3.05) is 11.9 Å². The first-order valence-corrected chi connectivity index (χ1v) is 23.8. The molecule has 10 atom stereocenters. The van der Waals surface area contributed by atoms with E-state index in [0.717, 1.165) is 43.4 Å². The van der Waals surface area contributed by atoms with E-state index in [1.807, 2.05) is 0 Å². The third kappa shape index (κ3) is 8.99. The maximum Gasteiger partial charge on any atom is 0.336 e. The Kier molecular flexibility index (Phi) is 13.1. The number of benzene rings is 3. The Morgan fingerprint density at radius 3 is 2.42 bits per heavy atom. The Labute approximate surface area is 379 Å². The molecule has 12 nitrogen and oxygen atoms in total. The third-order valence-electron chi connectivity index (χ3n) is 16.5. The smallest absolute Gasteiger partial charge is 0.336 e. The van der Waals surface area contributed by atoms with Gasteiger partial charge in [0.2, 0.25) is 5.91 Å². The number of amides is 1.